The number of nitrogens with zero attached hydrogens (tertiary/aromatic N) is 1. The average molecular weight is 267 g/mol. The lowest BCUT2D eigenvalue weighted by Crippen LogP contribution is -2.34. The van der Waals surface area contributed by atoms with Crippen LogP contribution in [0.3, 0.4) is 0 Å². The van der Waals surface area contributed by atoms with E-state index in [1.807, 2.05) is 6.07 Å². The summed E-state index contributed by atoms with van der Waals surface area (Å²) in [5.74, 6) is 0.698. The van der Waals surface area contributed by atoms with Crippen LogP contribution in [-0.4, -0.2) is 48.5 Å². The van der Waals surface area contributed by atoms with Gasteiger partial charge < -0.3 is 19.4 Å². The number of amides is 1. The van der Waals surface area contributed by atoms with Crippen LogP contribution in [0.5, 0.6) is 11.5 Å². The van der Waals surface area contributed by atoms with Gasteiger partial charge in [-0.05, 0) is 12.1 Å². The number of epoxide rings is 1. The molecule has 1 N–H and O–H groups in total. The monoisotopic (exact) mass is 267 g/mol. The molecule has 1 aromatic carbocycles. The van der Waals surface area contributed by atoms with Gasteiger partial charge in [-0.1, -0.05) is 12.1 Å². The second kappa shape index (κ2) is 6.40. The lowest BCUT2D eigenvalue weighted by Gasteiger charge is -2.21. The Bertz CT molecular complexity index is 433. The van der Waals surface area contributed by atoms with E-state index in [9.17, 15) is 4.79 Å². The smallest absolute Gasteiger partial charge is 0.252 e. The van der Waals surface area contributed by atoms with Crippen LogP contribution in [0.25, 0.3) is 0 Å². The minimum atomic E-state index is -0.283. The zero-order chi connectivity index (χ0) is 13.7. The summed E-state index contributed by atoms with van der Waals surface area (Å²) < 4.78 is 10.6. The molecule has 1 amide bonds. The molecule has 0 aromatic heterocycles. The van der Waals surface area contributed by atoms with Gasteiger partial charge in [-0.3, -0.25) is 4.79 Å². The number of para-hydroxylation sites is 2. The third kappa shape index (κ3) is 4.11. The van der Waals surface area contributed by atoms with E-state index in [2.05, 4.69) is 0 Å². The second-order valence-electron chi connectivity index (χ2n) is 4.15. The number of ether oxygens (including phenoxy) is 2. The van der Waals surface area contributed by atoms with E-state index >= 15 is 0 Å². The number of hydrogen-bond acceptors (Lipinski definition) is 5. The van der Waals surface area contributed by atoms with Gasteiger partial charge in [0.15, 0.2) is 11.5 Å². The van der Waals surface area contributed by atoms with Crippen LogP contribution >= 0.6 is 0 Å². The van der Waals surface area contributed by atoms with Gasteiger partial charge in [0, 0.05) is 6.92 Å². The molecule has 1 heterocycles. The lowest BCUT2D eigenvalue weighted by molar-refractivity contribution is -0.156. The molecule has 1 atom stereocenters. The van der Waals surface area contributed by atoms with Crippen LogP contribution in [0.1, 0.15) is 6.92 Å². The van der Waals surface area contributed by atoms with Gasteiger partial charge >= 0.3 is 0 Å². The van der Waals surface area contributed by atoms with Crippen molar-refractivity contribution in [2.75, 3.05) is 26.4 Å². The summed E-state index contributed by atoms with van der Waals surface area (Å²) in [6.07, 6.45) is 0.148. The Morgan fingerprint density at radius 2 is 2.16 bits per heavy atom. The number of carbonyl (C=O) groups excluding carboxylic acids is 1. The van der Waals surface area contributed by atoms with Crippen LogP contribution < -0.4 is 9.57 Å². The SMILES string of the molecule is CC(=O)N(CCO)Oc1ccccc1OCC1CO1. The van der Waals surface area contributed by atoms with Gasteiger partial charge in [0.2, 0.25) is 0 Å². The maximum Gasteiger partial charge on any atom is 0.252 e. The highest BCUT2D eigenvalue weighted by Crippen LogP contribution is 2.28. The number of aliphatic hydroxyl groups excluding tert-OH is 1. The summed E-state index contributed by atoms with van der Waals surface area (Å²) in [4.78, 5) is 16.8. The van der Waals surface area contributed by atoms with E-state index < -0.39 is 0 Å². The summed E-state index contributed by atoms with van der Waals surface area (Å²) in [7, 11) is 0. The molecular formula is C13H17NO5. The van der Waals surface area contributed by atoms with Gasteiger partial charge in [0.05, 0.1) is 19.8 Å². The summed E-state index contributed by atoms with van der Waals surface area (Å²) >= 11 is 0. The van der Waals surface area contributed by atoms with Crippen molar-refractivity contribution in [3.05, 3.63) is 24.3 Å². The number of carbonyl (C=O) groups is 1. The molecule has 1 unspecified atom stereocenters. The third-order valence-corrected chi connectivity index (χ3v) is 2.54. The fraction of sp³-hybridized carbons (Fsp3) is 0.462. The lowest BCUT2D eigenvalue weighted by atomic mass is 10.3. The first-order chi connectivity index (χ1) is 9.20. The van der Waals surface area contributed by atoms with Crippen molar-refractivity contribution in [1.29, 1.82) is 0 Å². The van der Waals surface area contributed by atoms with Crippen molar-refractivity contribution in [2.24, 2.45) is 0 Å². The minimum absolute atomic E-state index is 0.107. The van der Waals surface area contributed by atoms with Crippen molar-refractivity contribution in [3.63, 3.8) is 0 Å². The first kappa shape index (κ1) is 13.6. The molecule has 1 saturated heterocycles. The highest BCUT2D eigenvalue weighted by atomic mass is 16.7. The first-order valence-electron chi connectivity index (χ1n) is 6.11. The Labute approximate surface area is 111 Å². The number of hydroxylamine groups is 2. The highest BCUT2D eigenvalue weighted by molar-refractivity contribution is 5.72. The van der Waals surface area contributed by atoms with Crippen molar-refractivity contribution in [1.82, 2.24) is 5.06 Å². The fourth-order valence-electron chi connectivity index (χ4n) is 1.47. The predicted molar refractivity (Wildman–Crippen MR) is 66.8 cm³/mol. The van der Waals surface area contributed by atoms with Crippen molar-refractivity contribution in [2.45, 2.75) is 13.0 Å². The van der Waals surface area contributed by atoms with E-state index in [-0.39, 0.29) is 25.2 Å². The number of hydrogen-bond donors (Lipinski definition) is 1. The van der Waals surface area contributed by atoms with Crippen LogP contribution in [0.4, 0.5) is 0 Å². The molecule has 1 aromatic rings. The Kier molecular flexibility index (Phi) is 4.59. The Hall–Kier alpha value is -1.79. The molecule has 2 rings (SSSR count). The van der Waals surface area contributed by atoms with E-state index in [4.69, 9.17) is 19.4 Å². The van der Waals surface area contributed by atoms with Crippen molar-refractivity contribution >= 4 is 5.91 Å². The topological polar surface area (TPSA) is 71.5 Å². The molecule has 0 radical (unpaired) electrons. The summed E-state index contributed by atoms with van der Waals surface area (Å²) in [6, 6.07) is 7.07. The molecule has 6 nitrogen and oxygen atoms in total. The number of aliphatic hydroxyl groups is 1. The maximum atomic E-state index is 11.4. The van der Waals surface area contributed by atoms with Gasteiger partial charge in [-0.15, -0.1) is 0 Å². The van der Waals surface area contributed by atoms with Gasteiger partial charge in [0.25, 0.3) is 5.91 Å². The van der Waals surface area contributed by atoms with Crippen LogP contribution in [0.2, 0.25) is 0 Å². The fourth-order valence-corrected chi connectivity index (χ4v) is 1.47. The van der Waals surface area contributed by atoms with E-state index in [1.54, 1.807) is 18.2 Å². The van der Waals surface area contributed by atoms with Gasteiger partial charge in [-0.2, -0.15) is 5.06 Å². The van der Waals surface area contributed by atoms with E-state index in [0.29, 0.717) is 24.7 Å². The highest BCUT2D eigenvalue weighted by Gasteiger charge is 2.24. The average Bonchev–Trinajstić information content (AvgIpc) is 3.21. The largest absolute Gasteiger partial charge is 0.487 e. The quantitative estimate of drug-likeness (QED) is 0.578. The molecule has 6 heteroatoms. The minimum Gasteiger partial charge on any atom is -0.487 e. The number of rotatable bonds is 7. The second-order valence-corrected chi connectivity index (χ2v) is 4.15. The Morgan fingerprint density at radius 3 is 2.74 bits per heavy atom. The van der Waals surface area contributed by atoms with Gasteiger partial charge in [-0.25, -0.2) is 0 Å². The van der Waals surface area contributed by atoms with Crippen LogP contribution in [0.15, 0.2) is 24.3 Å². The standard InChI is InChI=1S/C13H17NO5/c1-10(16)14(6-7-15)19-13-5-3-2-4-12(13)18-9-11-8-17-11/h2-5,11,15H,6-9H2,1H3. The third-order valence-electron chi connectivity index (χ3n) is 2.54. The van der Waals surface area contributed by atoms with Crippen molar-refractivity contribution < 1.29 is 24.2 Å². The van der Waals surface area contributed by atoms with E-state index in [1.165, 1.54) is 6.92 Å². The maximum absolute atomic E-state index is 11.4. The molecule has 1 aliphatic heterocycles. The molecule has 104 valence electrons. The Balaban J connectivity index is 2.02. The first-order valence-corrected chi connectivity index (χ1v) is 6.11. The molecule has 0 bridgehead atoms. The zero-order valence-electron chi connectivity index (χ0n) is 10.7. The van der Waals surface area contributed by atoms with Gasteiger partial charge in [0.1, 0.15) is 12.7 Å². The van der Waals surface area contributed by atoms with Crippen LogP contribution in [0, 0.1) is 0 Å². The normalized spacial score (nSPS) is 16.8. The molecule has 1 fully saturated rings. The zero-order valence-corrected chi connectivity index (χ0v) is 10.7. The van der Waals surface area contributed by atoms with E-state index in [0.717, 1.165) is 5.06 Å². The molecule has 0 saturated carbocycles. The van der Waals surface area contributed by atoms with Crippen LogP contribution in [-0.2, 0) is 9.53 Å². The summed E-state index contributed by atoms with van der Waals surface area (Å²) in [5.41, 5.74) is 0. The Morgan fingerprint density at radius 1 is 1.47 bits per heavy atom. The molecular weight excluding hydrogens is 250 g/mol. The molecule has 0 spiro atoms. The summed E-state index contributed by atoms with van der Waals surface area (Å²) in [5, 5.41) is 9.99. The predicted octanol–water partition coefficient (Wildman–Crippen LogP) is 0.599. The molecule has 1 aliphatic rings. The number of benzene rings is 1. The van der Waals surface area contributed by atoms with Crippen molar-refractivity contribution in [3.8, 4) is 11.5 Å². The molecule has 0 aliphatic carbocycles. The molecule has 19 heavy (non-hydrogen) atoms. The summed E-state index contributed by atoms with van der Waals surface area (Å²) in [6.45, 7) is 2.48.